The molecule has 5 nitrogen and oxygen atoms in total. The number of aryl methyl sites for hydroxylation is 1. The zero-order chi connectivity index (χ0) is 13.2. The van der Waals surface area contributed by atoms with Gasteiger partial charge in [-0.15, -0.1) is 0 Å². The molecule has 0 radical (unpaired) electrons. The van der Waals surface area contributed by atoms with E-state index in [9.17, 15) is 5.11 Å². The van der Waals surface area contributed by atoms with E-state index >= 15 is 0 Å². The molecule has 3 rings (SSSR count). The van der Waals surface area contributed by atoms with Gasteiger partial charge in [-0.25, -0.2) is 0 Å². The van der Waals surface area contributed by atoms with Crippen molar-refractivity contribution in [2.45, 2.75) is 32.3 Å². The predicted molar refractivity (Wildman–Crippen MR) is 68.8 cm³/mol. The first-order chi connectivity index (χ1) is 9.24. The SMILES string of the molecule is Cc1cccc(-c2nc(CC3CCCO3)no2)c1O. The molecular weight excluding hydrogens is 244 g/mol. The Labute approximate surface area is 111 Å². The fraction of sp³-hybridized carbons (Fsp3) is 0.429. The molecule has 2 heterocycles. The Morgan fingerprint density at radius 3 is 3.11 bits per heavy atom. The van der Waals surface area contributed by atoms with Gasteiger partial charge in [-0.3, -0.25) is 0 Å². The predicted octanol–water partition coefficient (Wildman–Crippen LogP) is 2.47. The molecule has 1 fully saturated rings. The average Bonchev–Trinajstić information content (AvgIpc) is 3.05. The van der Waals surface area contributed by atoms with Crippen LogP contribution in [0.4, 0.5) is 0 Å². The topological polar surface area (TPSA) is 68.4 Å². The highest BCUT2D eigenvalue weighted by atomic mass is 16.5. The summed E-state index contributed by atoms with van der Waals surface area (Å²) < 4.78 is 10.8. The minimum absolute atomic E-state index is 0.190. The van der Waals surface area contributed by atoms with E-state index in [1.165, 1.54) is 0 Å². The van der Waals surface area contributed by atoms with Crippen molar-refractivity contribution in [2.24, 2.45) is 0 Å². The monoisotopic (exact) mass is 260 g/mol. The Hall–Kier alpha value is -1.88. The lowest BCUT2D eigenvalue weighted by Crippen LogP contribution is -2.09. The van der Waals surface area contributed by atoms with Crippen LogP contribution in [0.3, 0.4) is 0 Å². The third-order valence-electron chi connectivity index (χ3n) is 3.37. The first kappa shape index (κ1) is 12.2. The molecule has 5 heteroatoms. The molecule has 1 aliphatic rings. The van der Waals surface area contributed by atoms with Crippen molar-refractivity contribution in [1.82, 2.24) is 10.1 Å². The van der Waals surface area contributed by atoms with Crippen LogP contribution in [0.1, 0.15) is 24.2 Å². The van der Waals surface area contributed by atoms with Crippen LogP contribution < -0.4 is 0 Å². The van der Waals surface area contributed by atoms with Crippen molar-refractivity contribution in [3.8, 4) is 17.2 Å². The number of rotatable bonds is 3. The number of ether oxygens (including phenoxy) is 1. The molecule has 1 unspecified atom stereocenters. The summed E-state index contributed by atoms with van der Waals surface area (Å²) in [7, 11) is 0. The minimum atomic E-state index is 0.190. The Bertz CT molecular complexity index is 574. The molecule has 19 heavy (non-hydrogen) atoms. The van der Waals surface area contributed by atoms with Gasteiger partial charge in [-0.1, -0.05) is 17.3 Å². The number of hydrogen-bond donors (Lipinski definition) is 1. The molecule has 1 atom stereocenters. The van der Waals surface area contributed by atoms with Crippen LogP contribution in [0.25, 0.3) is 11.5 Å². The number of phenolic OH excluding ortho intramolecular Hbond substituents is 1. The summed E-state index contributed by atoms with van der Waals surface area (Å²) in [4.78, 5) is 4.33. The molecule has 1 aromatic heterocycles. The molecule has 1 N–H and O–H groups in total. The molecule has 100 valence electrons. The van der Waals surface area contributed by atoms with Crippen LogP contribution in [-0.4, -0.2) is 28.0 Å². The molecule has 0 aliphatic carbocycles. The lowest BCUT2D eigenvalue weighted by molar-refractivity contribution is 0.109. The smallest absolute Gasteiger partial charge is 0.261 e. The number of nitrogens with zero attached hydrogens (tertiary/aromatic N) is 2. The van der Waals surface area contributed by atoms with Crippen molar-refractivity contribution in [3.05, 3.63) is 29.6 Å². The maximum Gasteiger partial charge on any atom is 0.261 e. The van der Waals surface area contributed by atoms with Gasteiger partial charge in [0.05, 0.1) is 11.7 Å². The Kier molecular flexibility index (Phi) is 3.21. The van der Waals surface area contributed by atoms with Gasteiger partial charge in [0.2, 0.25) is 0 Å². The summed E-state index contributed by atoms with van der Waals surface area (Å²) in [6, 6.07) is 5.46. The van der Waals surface area contributed by atoms with Crippen LogP contribution in [0.15, 0.2) is 22.7 Å². The van der Waals surface area contributed by atoms with Gasteiger partial charge < -0.3 is 14.4 Å². The molecule has 1 aliphatic heterocycles. The number of aromatic hydroxyl groups is 1. The largest absolute Gasteiger partial charge is 0.507 e. The van der Waals surface area contributed by atoms with Crippen molar-refractivity contribution < 1.29 is 14.4 Å². The van der Waals surface area contributed by atoms with E-state index in [-0.39, 0.29) is 11.9 Å². The second kappa shape index (κ2) is 5.01. The van der Waals surface area contributed by atoms with Crippen LogP contribution in [0, 0.1) is 6.92 Å². The normalized spacial score (nSPS) is 18.9. The van der Waals surface area contributed by atoms with E-state index in [0.717, 1.165) is 25.0 Å². The van der Waals surface area contributed by atoms with Gasteiger partial charge in [0.1, 0.15) is 5.75 Å². The quantitative estimate of drug-likeness (QED) is 0.918. The summed E-state index contributed by atoms with van der Waals surface area (Å²) in [6.45, 7) is 2.65. The number of phenols is 1. The molecule has 0 saturated carbocycles. The Morgan fingerprint density at radius 2 is 2.32 bits per heavy atom. The Balaban J connectivity index is 1.82. The van der Waals surface area contributed by atoms with Gasteiger partial charge in [0.15, 0.2) is 5.82 Å². The Morgan fingerprint density at radius 1 is 1.42 bits per heavy atom. The molecule has 0 amide bonds. The van der Waals surface area contributed by atoms with Gasteiger partial charge in [0.25, 0.3) is 5.89 Å². The van der Waals surface area contributed by atoms with Crippen molar-refractivity contribution in [3.63, 3.8) is 0 Å². The number of aromatic nitrogens is 2. The first-order valence-corrected chi connectivity index (χ1v) is 6.47. The standard InChI is InChI=1S/C14H16N2O3/c1-9-4-2-6-11(13(9)17)14-15-12(16-19-14)8-10-5-3-7-18-10/h2,4,6,10,17H,3,5,7-8H2,1H3. The zero-order valence-electron chi connectivity index (χ0n) is 10.8. The van der Waals surface area contributed by atoms with Crippen molar-refractivity contribution >= 4 is 0 Å². The van der Waals surface area contributed by atoms with Crippen LogP contribution >= 0.6 is 0 Å². The summed E-state index contributed by atoms with van der Waals surface area (Å²) in [5, 5.41) is 13.9. The van der Waals surface area contributed by atoms with E-state index < -0.39 is 0 Å². The van der Waals surface area contributed by atoms with Crippen molar-refractivity contribution in [1.29, 1.82) is 0 Å². The van der Waals surface area contributed by atoms with Crippen LogP contribution in [0.2, 0.25) is 0 Å². The maximum absolute atomic E-state index is 9.99. The fourth-order valence-electron chi connectivity index (χ4n) is 2.29. The van der Waals surface area contributed by atoms with Crippen molar-refractivity contribution in [2.75, 3.05) is 6.61 Å². The summed E-state index contributed by atoms with van der Waals surface area (Å²) in [5.41, 5.74) is 1.36. The van der Waals surface area contributed by atoms with Crippen LogP contribution in [0.5, 0.6) is 5.75 Å². The van der Waals surface area contributed by atoms with Crippen LogP contribution in [-0.2, 0) is 11.2 Å². The molecule has 0 bridgehead atoms. The summed E-state index contributed by atoms with van der Waals surface area (Å²) in [6.07, 6.45) is 2.99. The molecule has 2 aromatic rings. The minimum Gasteiger partial charge on any atom is -0.507 e. The lowest BCUT2D eigenvalue weighted by Gasteiger charge is -2.04. The third-order valence-corrected chi connectivity index (χ3v) is 3.37. The zero-order valence-corrected chi connectivity index (χ0v) is 10.8. The lowest BCUT2D eigenvalue weighted by atomic mass is 10.1. The third kappa shape index (κ3) is 2.46. The molecule has 1 aromatic carbocycles. The fourth-order valence-corrected chi connectivity index (χ4v) is 2.29. The molecule has 1 saturated heterocycles. The van der Waals surface area contributed by atoms with E-state index in [1.54, 1.807) is 6.07 Å². The summed E-state index contributed by atoms with van der Waals surface area (Å²) in [5.74, 6) is 1.17. The first-order valence-electron chi connectivity index (χ1n) is 6.47. The van der Waals surface area contributed by atoms with Gasteiger partial charge in [-0.2, -0.15) is 4.98 Å². The highest BCUT2D eigenvalue weighted by molar-refractivity contribution is 5.64. The van der Waals surface area contributed by atoms with E-state index in [1.807, 2.05) is 19.1 Å². The summed E-state index contributed by atoms with van der Waals surface area (Å²) >= 11 is 0. The second-order valence-electron chi connectivity index (χ2n) is 4.83. The average molecular weight is 260 g/mol. The van der Waals surface area contributed by atoms with Gasteiger partial charge >= 0.3 is 0 Å². The van der Waals surface area contributed by atoms with Gasteiger partial charge in [-0.05, 0) is 31.4 Å². The maximum atomic E-state index is 9.99. The second-order valence-corrected chi connectivity index (χ2v) is 4.83. The van der Waals surface area contributed by atoms with Gasteiger partial charge in [0, 0.05) is 13.0 Å². The number of hydrogen-bond acceptors (Lipinski definition) is 5. The highest BCUT2D eigenvalue weighted by Gasteiger charge is 2.20. The number of benzene rings is 1. The number of para-hydroxylation sites is 1. The van der Waals surface area contributed by atoms with E-state index in [2.05, 4.69) is 10.1 Å². The molecular formula is C14H16N2O3. The van der Waals surface area contributed by atoms with E-state index in [4.69, 9.17) is 9.26 Å². The molecule has 0 spiro atoms. The van der Waals surface area contributed by atoms with E-state index in [0.29, 0.717) is 23.7 Å². The highest BCUT2D eigenvalue weighted by Crippen LogP contribution is 2.30.